The summed E-state index contributed by atoms with van der Waals surface area (Å²) in [6.07, 6.45) is 2.61. The fourth-order valence-electron chi connectivity index (χ4n) is 1.86. The topological polar surface area (TPSA) is 41.6 Å². The SMILES string of the molecule is COC(C)(C)CCNC1CCC(=O)N(C)C1. The molecule has 0 radical (unpaired) electrons. The van der Waals surface area contributed by atoms with Crippen LogP contribution in [0.25, 0.3) is 0 Å². The predicted octanol–water partition coefficient (Wildman–Crippen LogP) is 1.01. The maximum atomic E-state index is 11.3. The minimum Gasteiger partial charge on any atom is -0.379 e. The first-order chi connectivity index (χ1) is 7.44. The Morgan fingerprint density at radius 1 is 1.56 bits per heavy atom. The second-order valence-electron chi connectivity index (χ2n) is 5.18. The molecule has 1 amide bonds. The Balaban J connectivity index is 2.21. The number of methoxy groups -OCH3 is 1. The summed E-state index contributed by atoms with van der Waals surface area (Å²) in [5.41, 5.74) is -0.0661. The van der Waals surface area contributed by atoms with E-state index < -0.39 is 0 Å². The van der Waals surface area contributed by atoms with Crippen LogP contribution in [0, 0.1) is 0 Å². The van der Waals surface area contributed by atoms with E-state index in [2.05, 4.69) is 19.2 Å². The molecule has 4 heteroatoms. The third-order valence-electron chi connectivity index (χ3n) is 3.34. The number of carbonyl (C=O) groups excluding carboxylic acids is 1. The molecule has 1 atom stereocenters. The van der Waals surface area contributed by atoms with Crippen LogP contribution in [0.3, 0.4) is 0 Å². The van der Waals surface area contributed by atoms with Gasteiger partial charge in [0.05, 0.1) is 5.60 Å². The van der Waals surface area contributed by atoms with Gasteiger partial charge in [-0.1, -0.05) is 0 Å². The fourth-order valence-corrected chi connectivity index (χ4v) is 1.86. The highest BCUT2D eigenvalue weighted by Gasteiger charge is 2.23. The van der Waals surface area contributed by atoms with Gasteiger partial charge in [-0.3, -0.25) is 4.79 Å². The van der Waals surface area contributed by atoms with Gasteiger partial charge in [-0.2, -0.15) is 0 Å². The molecule has 4 nitrogen and oxygen atoms in total. The van der Waals surface area contributed by atoms with E-state index in [9.17, 15) is 4.79 Å². The monoisotopic (exact) mass is 228 g/mol. The Morgan fingerprint density at radius 2 is 2.25 bits per heavy atom. The van der Waals surface area contributed by atoms with Crippen LogP contribution in [0.1, 0.15) is 33.1 Å². The summed E-state index contributed by atoms with van der Waals surface area (Å²) in [6, 6.07) is 0.440. The molecule has 0 aromatic carbocycles. The molecule has 0 aliphatic carbocycles. The first-order valence-corrected chi connectivity index (χ1v) is 5.97. The molecule has 1 unspecified atom stereocenters. The summed E-state index contributed by atoms with van der Waals surface area (Å²) >= 11 is 0. The molecule has 94 valence electrons. The molecule has 1 saturated heterocycles. The molecule has 0 aromatic rings. The number of ether oxygens (including phenoxy) is 1. The highest BCUT2D eigenvalue weighted by atomic mass is 16.5. The fraction of sp³-hybridized carbons (Fsp3) is 0.917. The summed E-state index contributed by atoms with van der Waals surface area (Å²) in [4.78, 5) is 13.1. The van der Waals surface area contributed by atoms with Gasteiger partial charge in [0.15, 0.2) is 0 Å². The van der Waals surface area contributed by atoms with E-state index in [1.165, 1.54) is 0 Å². The van der Waals surface area contributed by atoms with Gasteiger partial charge in [-0.05, 0) is 33.2 Å². The number of carbonyl (C=O) groups is 1. The molecule has 1 aliphatic heterocycles. The van der Waals surface area contributed by atoms with Gasteiger partial charge < -0.3 is 15.0 Å². The van der Waals surface area contributed by atoms with E-state index in [0.717, 1.165) is 25.9 Å². The number of hydrogen-bond acceptors (Lipinski definition) is 3. The van der Waals surface area contributed by atoms with Crippen molar-refractivity contribution in [1.29, 1.82) is 0 Å². The van der Waals surface area contributed by atoms with Crippen molar-refractivity contribution < 1.29 is 9.53 Å². The first-order valence-electron chi connectivity index (χ1n) is 5.97. The molecule has 1 fully saturated rings. The summed E-state index contributed by atoms with van der Waals surface area (Å²) < 4.78 is 5.36. The van der Waals surface area contributed by atoms with Gasteiger partial charge in [0.2, 0.25) is 5.91 Å². The summed E-state index contributed by atoms with van der Waals surface area (Å²) in [7, 11) is 3.61. The average molecular weight is 228 g/mol. The lowest BCUT2D eigenvalue weighted by atomic mass is 10.0. The Kier molecular flexibility index (Phi) is 4.74. The number of amides is 1. The first kappa shape index (κ1) is 13.5. The number of nitrogens with zero attached hydrogens (tertiary/aromatic N) is 1. The zero-order valence-electron chi connectivity index (χ0n) is 10.9. The Labute approximate surface area is 98.3 Å². The van der Waals surface area contributed by atoms with Gasteiger partial charge in [-0.15, -0.1) is 0 Å². The van der Waals surface area contributed by atoms with Gasteiger partial charge >= 0.3 is 0 Å². The van der Waals surface area contributed by atoms with Crippen molar-refractivity contribution >= 4 is 5.91 Å². The zero-order valence-corrected chi connectivity index (χ0v) is 10.9. The van der Waals surface area contributed by atoms with Crippen LogP contribution in [0.5, 0.6) is 0 Å². The Bertz CT molecular complexity index is 241. The minimum atomic E-state index is -0.0661. The molecular formula is C12H24N2O2. The van der Waals surface area contributed by atoms with Gasteiger partial charge in [0, 0.05) is 33.2 Å². The zero-order chi connectivity index (χ0) is 12.2. The molecule has 0 bridgehead atoms. The number of piperidine rings is 1. The molecule has 1 aliphatic rings. The number of likely N-dealkylation sites (tertiary alicyclic amines) is 1. The summed E-state index contributed by atoms with van der Waals surface area (Å²) in [5.74, 6) is 0.260. The van der Waals surface area contributed by atoms with Crippen molar-refractivity contribution in [3.63, 3.8) is 0 Å². The van der Waals surface area contributed by atoms with Crippen LogP contribution in [-0.2, 0) is 9.53 Å². The van der Waals surface area contributed by atoms with Crippen molar-refractivity contribution in [1.82, 2.24) is 10.2 Å². The highest BCUT2D eigenvalue weighted by molar-refractivity contribution is 5.76. The molecule has 16 heavy (non-hydrogen) atoms. The number of nitrogens with one attached hydrogen (secondary N) is 1. The van der Waals surface area contributed by atoms with Crippen molar-refractivity contribution in [2.24, 2.45) is 0 Å². The second kappa shape index (κ2) is 5.64. The van der Waals surface area contributed by atoms with Crippen LogP contribution in [0.4, 0.5) is 0 Å². The van der Waals surface area contributed by atoms with Crippen molar-refractivity contribution in [2.75, 3.05) is 27.2 Å². The molecule has 1 heterocycles. The smallest absolute Gasteiger partial charge is 0.222 e. The van der Waals surface area contributed by atoms with E-state index in [1.807, 2.05) is 11.9 Å². The van der Waals surface area contributed by atoms with Gasteiger partial charge in [-0.25, -0.2) is 0 Å². The highest BCUT2D eigenvalue weighted by Crippen LogP contribution is 2.13. The standard InChI is InChI=1S/C12H24N2O2/c1-12(2,16-4)7-8-13-10-5-6-11(15)14(3)9-10/h10,13H,5-9H2,1-4H3. The van der Waals surface area contributed by atoms with Crippen molar-refractivity contribution in [3.8, 4) is 0 Å². The average Bonchev–Trinajstić information content (AvgIpc) is 2.23. The Hall–Kier alpha value is -0.610. The lowest BCUT2D eigenvalue weighted by molar-refractivity contribution is -0.132. The normalized spacial score (nSPS) is 22.6. The maximum Gasteiger partial charge on any atom is 0.222 e. The van der Waals surface area contributed by atoms with E-state index >= 15 is 0 Å². The number of likely N-dealkylation sites (N-methyl/N-ethyl adjacent to an activating group) is 1. The lowest BCUT2D eigenvalue weighted by Gasteiger charge is -2.31. The van der Waals surface area contributed by atoms with E-state index in [4.69, 9.17) is 4.74 Å². The van der Waals surface area contributed by atoms with Crippen LogP contribution in [0.15, 0.2) is 0 Å². The maximum absolute atomic E-state index is 11.3. The van der Waals surface area contributed by atoms with E-state index in [0.29, 0.717) is 12.5 Å². The van der Waals surface area contributed by atoms with Crippen molar-refractivity contribution in [3.05, 3.63) is 0 Å². The van der Waals surface area contributed by atoms with Crippen LogP contribution in [-0.4, -0.2) is 49.7 Å². The number of rotatable bonds is 5. The third-order valence-corrected chi connectivity index (χ3v) is 3.34. The quantitative estimate of drug-likeness (QED) is 0.763. The largest absolute Gasteiger partial charge is 0.379 e. The third kappa shape index (κ3) is 4.10. The summed E-state index contributed by atoms with van der Waals surface area (Å²) in [5, 5.41) is 3.49. The molecule has 0 saturated carbocycles. The molecule has 0 spiro atoms. The summed E-state index contributed by atoms with van der Waals surface area (Å²) in [6.45, 7) is 5.94. The lowest BCUT2D eigenvalue weighted by Crippen LogP contribution is -2.47. The molecule has 1 rings (SSSR count). The van der Waals surface area contributed by atoms with Crippen LogP contribution < -0.4 is 5.32 Å². The second-order valence-corrected chi connectivity index (χ2v) is 5.18. The van der Waals surface area contributed by atoms with Gasteiger partial charge in [0.25, 0.3) is 0 Å². The van der Waals surface area contributed by atoms with Crippen LogP contribution in [0.2, 0.25) is 0 Å². The van der Waals surface area contributed by atoms with Crippen molar-refractivity contribution in [2.45, 2.75) is 44.8 Å². The predicted molar refractivity (Wildman–Crippen MR) is 64.4 cm³/mol. The minimum absolute atomic E-state index is 0.0661. The number of hydrogen-bond donors (Lipinski definition) is 1. The molecule has 0 aromatic heterocycles. The Morgan fingerprint density at radius 3 is 2.81 bits per heavy atom. The van der Waals surface area contributed by atoms with E-state index in [1.54, 1.807) is 7.11 Å². The molecule has 1 N–H and O–H groups in total. The molecular weight excluding hydrogens is 204 g/mol. The van der Waals surface area contributed by atoms with E-state index in [-0.39, 0.29) is 11.5 Å². The van der Waals surface area contributed by atoms with Crippen LogP contribution >= 0.6 is 0 Å². The van der Waals surface area contributed by atoms with Gasteiger partial charge in [0.1, 0.15) is 0 Å².